The number of esters is 1. The van der Waals surface area contributed by atoms with E-state index in [1.54, 1.807) is 19.9 Å². The maximum absolute atomic E-state index is 15.4. The first-order chi connectivity index (χ1) is 19.2. The van der Waals surface area contributed by atoms with Gasteiger partial charge in [0.25, 0.3) is 6.43 Å². The number of imidazole rings is 1. The minimum Gasteiger partial charge on any atom is -0.462 e. The van der Waals surface area contributed by atoms with Gasteiger partial charge in [0.1, 0.15) is 23.6 Å². The van der Waals surface area contributed by atoms with Crippen molar-refractivity contribution in [3.05, 3.63) is 43.0 Å². The molecule has 18 heteroatoms. The number of carbonyl (C=O) groups excluding carboxylic acids is 1. The van der Waals surface area contributed by atoms with Gasteiger partial charge in [0.05, 0.1) is 19.0 Å². The van der Waals surface area contributed by atoms with Crippen LogP contribution in [0.1, 0.15) is 27.0 Å². The van der Waals surface area contributed by atoms with E-state index in [0.29, 0.717) is 4.57 Å². The zero-order valence-corrected chi connectivity index (χ0v) is 22.8. The lowest BCUT2D eigenvalue weighted by Gasteiger charge is -2.32. The lowest BCUT2D eigenvalue weighted by molar-refractivity contribution is -0.191. The highest BCUT2D eigenvalue weighted by Crippen LogP contribution is 2.54. The maximum atomic E-state index is 15.4. The van der Waals surface area contributed by atoms with Crippen LogP contribution in [0.25, 0.3) is 11.2 Å². The third-order valence-corrected chi connectivity index (χ3v) is 7.61. The van der Waals surface area contributed by atoms with Gasteiger partial charge in [-0.1, -0.05) is 18.2 Å². The van der Waals surface area contributed by atoms with Gasteiger partial charge in [0, 0.05) is 0 Å². The second kappa shape index (κ2) is 11.5. The SMILES string of the molecule is CC(C)OC(=O)C(C)NP(=O)(OCC1(C(F)F)OC(n2cnc3c(N)ncnc32)C(F)(F)C1O)Oc1ccccc1. The molecule has 3 aromatic rings. The van der Waals surface area contributed by atoms with E-state index in [1.807, 2.05) is 0 Å². The van der Waals surface area contributed by atoms with E-state index < -0.39 is 62.7 Å². The van der Waals surface area contributed by atoms with Crippen LogP contribution in [0.15, 0.2) is 43.0 Å². The molecule has 1 aliphatic rings. The first-order valence-corrected chi connectivity index (χ1v) is 13.7. The highest BCUT2D eigenvalue weighted by atomic mass is 31.2. The van der Waals surface area contributed by atoms with Crippen LogP contribution >= 0.6 is 7.75 Å². The van der Waals surface area contributed by atoms with Crippen molar-refractivity contribution >= 4 is 30.7 Å². The van der Waals surface area contributed by atoms with E-state index in [-0.39, 0.29) is 22.7 Å². The number of nitrogen functional groups attached to an aromatic ring is 1. The quantitative estimate of drug-likeness (QED) is 0.166. The van der Waals surface area contributed by atoms with Crippen molar-refractivity contribution in [1.29, 1.82) is 0 Å². The Hall–Kier alpha value is -3.37. The van der Waals surface area contributed by atoms with E-state index in [4.69, 9.17) is 24.3 Å². The summed E-state index contributed by atoms with van der Waals surface area (Å²) >= 11 is 0. The van der Waals surface area contributed by atoms with Crippen LogP contribution in [0.2, 0.25) is 0 Å². The molecule has 0 amide bonds. The molecule has 41 heavy (non-hydrogen) atoms. The lowest BCUT2D eigenvalue weighted by Crippen LogP contribution is -2.54. The highest BCUT2D eigenvalue weighted by molar-refractivity contribution is 7.52. The third kappa shape index (κ3) is 5.99. The summed E-state index contributed by atoms with van der Waals surface area (Å²) in [6.45, 7) is 2.80. The number of alkyl halides is 4. The number of nitrogens with two attached hydrogens (primary N) is 1. The van der Waals surface area contributed by atoms with E-state index in [0.717, 1.165) is 12.7 Å². The number of halogens is 4. The number of ether oxygens (including phenoxy) is 2. The maximum Gasteiger partial charge on any atom is 0.459 e. The van der Waals surface area contributed by atoms with Crippen LogP contribution in [0.4, 0.5) is 23.4 Å². The number of nitrogens with one attached hydrogen (secondary N) is 1. The molecule has 13 nitrogen and oxygen atoms in total. The van der Waals surface area contributed by atoms with Gasteiger partial charge >= 0.3 is 19.6 Å². The first-order valence-electron chi connectivity index (χ1n) is 12.1. The molecule has 1 aromatic carbocycles. The van der Waals surface area contributed by atoms with E-state index in [2.05, 4.69) is 20.0 Å². The number of rotatable bonds is 11. The van der Waals surface area contributed by atoms with Crippen LogP contribution in [0, 0.1) is 0 Å². The molecule has 0 aliphatic carbocycles. The standard InChI is InChI=1S/C23H27F4N6O7P/c1-12(2)38-18(34)13(3)32-41(36,40-14-7-5-4-6-8-14)37-9-22(20(24)25)19(35)23(26,27)21(39-22)33-11-31-15-16(28)29-10-30-17(15)33/h4-8,10-13,19-21,35H,9H2,1-3H3,(H,32,36)(H2,28,29,30). The van der Waals surface area contributed by atoms with Crippen LogP contribution in [0.3, 0.4) is 0 Å². The Bertz CT molecular complexity index is 1430. The fraction of sp³-hybridized carbons (Fsp3) is 0.478. The number of fused-ring (bicyclic) bond motifs is 1. The Morgan fingerprint density at radius 1 is 1.22 bits per heavy atom. The van der Waals surface area contributed by atoms with Gasteiger partial charge in [-0.25, -0.2) is 28.3 Å². The Morgan fingerprint density at radius 2 is 1.90 bits per heavy atom. The third-order valence-electron chi connectivity index (χ3n) is 5.98. The molecule has 1 fully saturated rings. The molecule has 1 aliphatic heterocycles. The minimum absolute atomic E-state index is 0.0721. The highest BCUT2D eigenvalue weighted by Gasteiger charge is 2.71. The molecule has 5 atom stereocenters. The number of benzene rings is 1. The molecule has 0 saturated carbocycles. The van der Waals surface area contributed by atoms with Crippen molar-refractivity contribution in [1.82, 2.24) is 24.6 Å². The van der Waals surface area contributed by atoms with E-state index in [9.17, 15) is 23.2 Å². The summed E-state index contributed by atoms with van der Waals surface area (Å²) in [4.78, 5) is 23.7. The molecule has 0 spiro atoms. The number of aromatic nitrogens is 4. The van der Waals surface area contributed by atoms with Crippen LogP contribution in [0.5, 0.6) is 5.75 Å². The molecule has 0 radical (unpaired) electrons. The predicted octanol–water partition coefficient (Wildman–Crippen LogP) is 3.07. The van der Waals surface area contributed by atoms with Gasteiger partial charge in [0.2, 0.25) is 6.23 Å². The number of aliphatic hydroxyl groups excluding tert-OH is 1. The number of hydrogen-bond donors (Lipinski definition) is 3. The van der Waals surface area contributed by atoms with Crippen molar-refractivity contribution in [2.45, 2.75) is 63.2 Å². The lowest BCUT2D eigenvalue weighted by atomic mass is 9.96. The number of aliphatic hydroxyl groups is 1. The zero-order valence-electron chi connectivity index (χ0n) is 21.9. The van der Waals surface area contributed by atoms with Crippen molar-refractivity contribution < 1.29 is 50.5 Å². The van der Waals surface area contributed by atoms with E-state index in [1.165, 1.54) is 31.2 Å². The van der Waals surface area contributed by atoms with Crippen molar-refractivity contribution in [3.8, 4) is 5.75 Å². The van der Waals surface area contributed by atoms with Gasteiger partial charge in [-0.3, -0.25) is 13.9 Å². The van der Waals surface area contributed by atoms with Crippen LogP contribution < -0.4 is 15.3 Å². The molecule has 2 aromatic heterocycles. The smallest absolute Gasteiger partial charge is 0.459 e. The molecule has 4 N–H and O–H groups in total. The molecular formula is C23H27F4N6O7P. The van der Waals surface area contributed by atoms with Crippen LogP contribution in [-0.2, 0) is 23.4 Å². The van der Waals surface area contributed by atoms with E-state index >= 15 is 8.78 Å². The minimum atomic E-state index is -4.80. The molecule has 3 heterocycles. The van der Waals surface area contributed by atoms with Crippen molar-refractivity contribution in [2.24, 2.45) is 0 Å². The number of anilines is 1. The second-order valence-electron chi connectivity index (χ2n) is 9.40. The summed E-state index contributed by atoms with van der Waals surface area (Å²) < 4.78 is 94.9. The molecular weight excluding hydrogens is 579 g/mol. The fourth-order valence-electron chi connectivity index (χ4n) is 3.96. The Morgan fingerprint density at radius 3 is 2.54 bits per heavy atom. The summed E-state index contributed by atoms with van der Waals surface area (Å²) in [5.74, 6) is -5.49. The number of hydrogen-bond acceptors (Lipinski definition) is 11. The topological polar surface area (TPSA) is 173 Å². The largest absolute Gasteiger partial charge is 0.462 e. The molecule has 5 unspecified atom stereocenters. The summed E-state index contributed by atoms with van der Waals surface area (Å²) in [5, 5.41) is 12.8. The Labute approximate surface area is 230 Å². The molecule has 1 saturated heterocycles. The normalized spacial score (nSPS) is 24.4. The summed E-state index contributed by atoms with van der Waals surface area (Å²) in [6, 6.07) is 5.93. The zero-order chi connectivity index (χ0) is 30.2. The molecule has 0 bridgehead atoms. The van der Waals surface area contributed by atoms with Gasteiger partial charge in [-0.05, 0) is 32.9 Å². The van der Waals surface area contributed by atoms with Gasteiger partial charge in [-0.2, -0.15) is 13.9 Å². The van der Waals surface area contributed by atoms with Gasteiger partial charge < -0.3 is 24.8 Å². The molecule has 4 rings (SSSR count). The molecule has 224 valence electrons. The van der Waals surface area contributed by atoms with Gasteiger partial charge in [0.15, 0.2) is 23.2 Å². The summed E-state index contributed by atoms with van der Waals surface area (Å²) in [7, 11) is -4.80. The number of para-hydroxylation sites is 1. The Balaban J connectivity index is 1.66. The first kappa shape index (κ1) is 30.6. The number of nitrogens with zero attached hydrogens (tertiary/aromatic N) is 4. The predicted molar refractivity (Wildman–Crippen MR) is 134 cm³/mol. The average molecular weight is 606 g/mol. The fourth-order valence-corrected chi connectivity index (χ4v) is 5.49. The van der Waals surface area contributed by atoms with Gasteiger partial charge in [-0.15, -0.1) is 0 Å². The van der Waals surface area contributed by atoms with Crippen LogP contribution in [-0.4, -0.2) is 73.4 Å². The van der Waals surface area contributed by atoms with Crippen molar-refractivity contribution in [2.75, 3.05) is 12.3 Å². The number of carbonyl (C=O) groups is 1. The average Bonchev–Trinajstić information content (AvgIpc) is 3.41. The monoisotopic (exact) mass is 606 g/mol. The Kier molecular flexibility index (Phi) is 8.57. The summed E-state index contributed by atoms with van der Waals surface area (Å²) in [5.41, 5.74) is 1.86. The van der Waals surface area contributed by atoms with Crippen molar-refractivity contribution in [3.63, 3.8) is 0 Å². The second-order valence-corrected chi connectivity index (χ2v) is 11.1. The summed E-state index contributed by atoms with van der Waals surface area (Å²) in [6.07, 6.45) is -8.32.